The van der Waals surface area contributed by atoms with Crippen LogP contribution in [0.15, 0.2) is 53.7 Å². The Kier molecular flexibility index (Phi) is 10.4. The number of aromatic nitrogens is 4. The van der Waals surface area contributed by atoms with Crippen molar-refractivity contribution in [2.75, 3.05) is 11.1 Å². The standard InChI is InChI=1S/C27H33N5O6S/c1-32-27(29-30-31-32)39-17-22-15-23(19-12-10-18(16-33)11-13-19)38-26(37-22)20-6-5-7-21(14-20)28-24(34)8-3-2-4-9-25(35)36/h5-7,10-14,22-23,26,33H,2-4,8-9,15-17H2,1H3,(H,28,34)(H,35,36). The SMILES string of the molecule is Cn1nnnc1SCC1CC(c2ccc(CO)cc2)OC(c2cccc(NC(=O)CCCCCC(=O)O)c2)O1. The van der Waals surface area contributed by atoms with E-state index >= 15 is 0 Å². The highest BCUT2D eigenvalue weighted by Crippen LogP contribution is 2.39. The molecule has 1 amide bonds. The zero-order valence-electron chi connectivity index (χ0n) is 21.7. The molecular formula is C27H33N5O6S. The van der Waals surface area contributed by atoms with Crippen molar-refractivity contribution in [3.63, 3.8) is 0 Å². The molecule has 39 heavy (non-hydrogen) atoms. The molecule has 0 saturated carbocycles. The summed E-state index contributed by atoms with van der Waals surface area (Å²) in [6.45, 7) is -0.0244. The number of carbonyl (C=O) groups is 2. The molecule has 1 aliphatic rings. The number of aliphatic hydroxyl groups is 1. The van der Waals surface area contributed by atoms with Crippen LogP contribution in [-0.4, -0.2) is 54.2 Å². The first-order chi connectivity index (χ1) is 18.9. The highest BCUT2D eigenvalue weighted by atomic mass is 32.2. The number of aliphatic hydroxyl groups excluding tert-OH is 1. The van der Waals surface area contributed by atoms with E-state index in [-0.39, 0.29) is 31.1 Å². The summed E-state index contributed by atoms with van der Waals surface area (Å²) in [7, 11) is 1.79. The number of anilines is 1. The summed E-state index contributed by atoms with van der Waals surface area (Å²) in [5.74, 6) is -0.321. The van der Waals surface area contributed by atoms with Gasteiger partial charge in [0.05, 0.1) is 18.8 Å². The van der Waals surface area contributed by atoms with Gasteiger partial charge in [0.15, 0.2) is 6.29 Å². The minimum Gasteiger partial charge on any atom is -0.481 e. The lowest BCUT2D eigenvalue weighted by Gasteiger charge is -2.36. The van der Waals surface area contributed by atoms with Gasteiger partial charge in [0.25, 0.3) is 0 Å². The number of amides is 1. The van der Waals surface area contributed by atoms with Gasteiger partial charge < -0.3 is 25.0 Å². The van der Waals surface area contributed by atoms with Gasteiger partial charge in [0.1, 0.15) is 0 Å². The normalized spacial score (nSPS) is 19.1. The molecular weight excluding hydrogens is 522 g/mol. The average Bonchev–Trinajstić information content (AvgIpc) is 3.36. The summed E-state index contributed by atoms with van der Waals surface area (Å²) in [5, 5.41) is 33.4. The third-order valence-corrected chi connectivity index (χ3v) is 7.47. The molecule has 3 atom stereocenters. The molecule has 3 unspecified atom stereocenters. The predicted octanol–water partition coefficient (Wildman–Crippen LogP) is 4.01. The van der Waals surface area contributed by atoms with Gasteiger partial charge in [0.2, 0.25) is 11.1 Å². The third kappa shape index (κ3) is 8.59. The highest BCUT2D eigenvalue weighted by Gasteiger charge is 2.32. The van der Waals surface area contributed by atoms with Gasteiger partial charge in [-0.05, 0) is 46.5 Å². The molecule has 1 fully saturated rings. The maximum absolute atomic E-state index is 12.4. The molecule has 0 aliphatic carbocycles. The summed E-state index contributed by atoms with van der Waals surface area (Å²) < 4.78 is 14.4. The molecule has 1 aromatic heterocycles. The summed E-state index contributed by atoms with van der Waals surface area (Å²) in [5.41, 5.74) is 3.24. The first kappa shape index (κ1) is 28.7. The number of rotatable bonds is 13. The van der Waals surface area contributed by atoms with Crippen LogP contribution in [-0.2, 0) is 32.7 Å². The number of unbranched alkanes of at least 4 members (excludes halogenated alkanes) is 2. The molecule has 1 aliphatic heterocycles. The zero-order valence-corrected chi connectivity index (χ0v) is 22.5. The van der Waals surface area contributed by atoms with Gasteiger partial charge >= 0.3 is 5.97 Å². The van der Waals surface area contributed by atoms with Crippen LogP contribution in [0.3, 0.4) is 0 Å². The van der Waals surface area contributed by atoms with Crippen molar-refractivity contribution in [2.45, 2.75) is 68.8 Å². The second kappa shape index (κ2) is 14.2. The van der Waals surface area contributed by atoms with Crippen LogP contribution in [0.1, 0.15) is 67.6 Å². The molecule has 3 N–H and O–H groups in total. The van der Waals surface area contributed by atoms with Crippen LogP contribution in [0, 0.1) is 0 Å². The molecule has 0 radical (unpaired) electrons. The lowest BCUT2D eigenvalue weighted by atomic mass is 10.0. The quantitative estimate of drug-likeness (QED) is 0.209. The molecule has 0 spiro atoms. The first-order valence-corrected chi connectivity index (χ1v) is 13.9. The Hall–Kier alpha value is -3.32. The Bertz CT molecular complexity index is 1240. The van der Waals surface area contributed by atoms with Crippen molar-refractivity contribution in [3.05, 3.63) is 65.2 Å². The lowest BCUT2D eigenvalue weighted by molar-refractivity contribution is -0.245. The number of ether oxygens (including phenoxy) is 2. The van der Waals surface area contributed by atoms with E-state index in [9.17, 15) is 14.7 Å². The average molecular weight is 556 g/mol. The molecule has 12 heteroatoms. The van der Waals surface area contributed by atoms with Gasteiger partial charge in [-0.3, -0.25) is 9.59 Å². The number of carbonyl (C=O) groups excluding carboxylic acids is 1. The van der Waals surface area contributed by atoms with E-state index in [1.807, 2.05) is 48.5 Å². The number of hydrogen-bond donors (Lipinski definition) is 3. The van der Waals surface area contributed by atoms with Crippen LogP contribution >= 0.6 is 11.8 Å². The minimum atomic E-state index is -0.820. The Morgan fingerprint density at radius 3 is 2.59 bits per heavy atom. The summed E-state index contributed by atoms with van der Waals surface area (Å²) in [4.78, 5) is 23.1. The molecule has 208 valence electrons. The highest BCUT2D eigenvalue weighted by molar-refractivity contribution is 7.99. The van der Waals surface area contributed by atoms with E-state index in [0.29, 0.717) is 48.7 Å². The maximum atomic E-state index is 12.4. The largest absolute Gasteiger partial charge is 0.481 e. The molecule has 0 bridgehead atoms. The van der Waals surface area contributed by atoms with Crippen molar-refractivity contribution in [1.82, 2.24) is 20.2 Å². The van der Waals surface area contributed by atoms with Crippen molar-refractivity contribution in [3.8, 4) is 0 Å². The summed E-state index contributed by atoms with van der Waals surface area (Å²) in [6.07, 6.45) is 1.91. The maximum Gasteiger partial charge on any atom is 0.303 e. The van der Waals surface area contributed by atoms with Gasteiger partial charge in [-0.2, -0.15) is 0 Å². The van der Waals surface area contributed by atoms with Crippen LogP contribution in [0.5, 0.6) is 0 Å². The van der Waals surface area contributed by atoms with Crippen LogP contribution in [0.4, 0.5) is 5.69 Å². The Balaban J connectivity index is 1.43. The van der Waals surface area contributed by atoms with Gasteiger partial charge in [-0.15, -0.1) is 5.10 Å². The third-order valence-electron chi connectivity index (χ3n) is 6.33. The Labute approximate surface area is 230 Å². The fourth-order valence-corrected chi connectivity index (χ4v) is 5.13. The van der Waals surface area contributed by atoms with Crippen molar-refractivity contribution >= 4 is 29.3 Å². The van der Waals surface area contributed by atoms with Crippen LogP contribution in [0.2, 0.25) is 0 Å². The van der Waals surface area contributed by atoms with Crippen molar-refractivity contribution < 1.29 is 29.3 Å². The zero-order chi connectivity index (χ0) is 27.6. The molecule has 11 nitrogen and oxygen atoms in total. The van der Waals surface area contributed by atoms with E-state index in [1.54, 1.807) is 11.7 Å². The molecule has 2 aromatic carbocycles. The van der Waals surface area contributed by atoms with E-state index < -0.39 is 12.3 Å². The van der Waals surface area contributed by atoms with Gasteiger partial charge in [0, 0.05) is 43.3 Å². The number of hydrogen-bond acceptors (Lipinski definition) is 9. The fraction of sp³-hybridized carbons (Fsp3) is 0.444. The Morgan fingerprint density at radius 2 is 1.87 bits per heavy atom. The van der Waals surface area contributed by atoms with Gasteiger partial charge in [-0.1, -0.05) is 54.6 Å². The van der Waals surface area contributed by atoms with E-state index in [0.717, 1.165) is 16.7 Å². The smallest absolute Gasteiger partial charge is 0.303 e. The van der Waals surface area contributed by atoms with Crippen LogP contribution in [0.25, 0.3) is 0 Å². The number of benzene rings is 2. The van der Waals surface area contributed by atoms with Crippen molar-refractivity contribution in [1.29, 1.82) is 0 Å². The van der Waals surface area contributed by atoms with E-state index in [1.165, 1.54) is 11.8 Å². The van der Waals surface area contributed by atoms with Crippen LogP contribution < -0.4 is 5.32 Å². The number of nitrogens with one attached hydrogen (secondary N) is 1. The molecule has 2 heterocycles. The topological polar surface area (TPSA) is 149 Å². The number of aryl methyl sites for hydroxylation is 1. The number of carboxylic acids is 1. The number of nitrogens with zero attached hydrogens (tertiary/aromatic N) is 4. The molecule has 3 aromatic rings. The number of tetrazole rings is 1. The predicted molar refractivity (Wildman–Crippen MR) is 144 cm³/mol. The summed E-state index contributed by atoms with van der Waals surface area (Å²) >= 11 is 1.51. The second-order valence-corrected chi connectivity index (χ2v) is 10.4. The van der Waals surface area contributed by atoms with E-state index in [4.69, 9.17) is 14.6 Å². The summed E-state index contributed by atoms with van der Waals surface area (Å²) in [6, 6.07) is 15.1. The Morgan fingerprint density at radius 1 is 1.08 bits per heavy atom. The minimum absolute atomic E-state index is 0.0244. The second-order valence-electron chi connectivity index (χ2n) is 9.37. The van der Waals surface area contributed by atoms with Crippen molar-refractivity contribution in [2.24, 2.45) is 7.05 Å². The molecule has 4 rings (SSSR count). The van der Waals surface area contributed by atoms with Gasteiger partial charge in [-0.25, -0.2) is 4.68 Å². The fourth-order valence-electron chi connectivity index (χ4n) is 4.26. The number of carboxylic acid groups (broad SMARTS) is 1. The monoisotopic (exact) mass is 555 g/mol. The van der Waals surface area contributed by atoms with E-state index in [2.05, 4.69) is 20.8 Å². The number of thioether (sulfide) groups is 1. The number of aliphatic carboxylic acids is 1. The lowest BCUT2D eigenvalue weighted by Crippen LogP contribution is -2.31. The first-order valence-electron chi connectivity index (χ1n) is 12.9. The molecule has 1 saturated heterocycles.